The lowest BCUT2D eigenvalue weighted by Gasteiger charge is -2.29. The van der Waals surface area contributed by atoms with E-state index in [1.807, 2.05) is 72.8 Å². The van der Waals surface area contributed by atoms with Gasteiger partial charge in [0.25, 0.3) is 5.91 Å². The first kappa shape index (κ1) is 25.1. The topological polar surface area (TPSA) is 70.8 Å². The number of hydrogen-bond acceptors (Lipinski definition) is 4. The first-order valence-corrected chi connectivity index (χ1v) is 13.1. The molecule has 0 aliphatic carbocycles. The van der Waals surface area contributed by atoms with E-state index < -0.39 is 17.9 Å². The largest absolute Gasteiger partial charge is 0.480 e. The van der Waals surface area contributed by atoms with Crippen LogP contribution in [0.5, 0.6) is 0 Å². The minimum absolute atomic E-state index is 0.0898. The van der Waals surface area contributed by atoms with Gasteiger partial charge in [-0.05, 0) is 48.0 Å². The minimum Gasteiger partial charge on any atom is -0.480 e. The third-order valence-corrected chi connectivity index (χ3v) is 7.64. The van der Waals surface area contributed by atoms with Gasteiger partial charge in [0, 0.05) is 21.7 Å². The van der Waals surface area contributed by atoms with Crippen molar-refractivity contribution >= 4 is 57.4 Å². The molecule has 0 aliphatic heterocycles. The van der Waals surface area contributed by atoms with Crippen molar-refractivity contribution in [3.8, 4) is 10.6 Å². The van der Waals surface area contributed by atoms with Crippen LogP contribution in [0.2, 0.25) is 10.0 Å². The zero-order valence-corrected chi connectivity index (χ0v) is 21.8. The number of benzene rings is 3. The maximum Gasteiger partial charge on any atom is 0.326 e. The lowest BCUT2D eigenvalue weighted by molar-refractivity contribution is -0.142. The summed E-state index contributed by atoms with van der Waals surface area (Å²) in [6.45, 7) is 0.0898. The summed E-state index contributed by atoms with van der Waals surface area (Å²) in [5.41, 5.74) is 1.79. The van der Waals surface area contributed by atoms with Gasteiger partial charge in [-0.3, -0.25) is 4.79 Å². The zero-order chi connectivity index (χ0) is 25.9. The van der Waals surface area contributed by atoms with Crippen LogP contribution in [0.3, 0.4) is 0 Å². The maximum atomic E-state index is 13.7. The first-order chi connectivity index (χ1) is 17.9. The molecule has 0 radical (unpaired) electrons. The average Bonchev–Trinajstić information content (AvgIpc) is 3.53. The van der Waals surface area contributed by atoms with Crippen molar-refractivity contribution in [1.29, 1.82) is 0 Å². The molecule has 5 rings (SSSR count). The summed E-state index contributed by atoms with van der Waals surface area (Å²) in [6.07, 6.45) is 0.148. The minimum atomic E-state index is -1.11. The third kappa shape index (κ3) is 5.57. The van der Waals surface area contributed by atoms with Gasteiger partial charge >= 0.3 is 5.97 Å². The predicted octanol–water partition coefficient (Wildman–Crippen LogP) is 7.81. The van der Waals surface area contributed by atoms with E-state index in [1.54, 1.807) is 6.07 Å². The number of thiophene rings is 1. The molecule has 3 aromatic carbocycles. The number of fused-ring (bicyclic) bond motifs is 1. The van der Waals surface area contributed by atoms with E-state index in [-0.39, 0.29) is 23.6 Å². The number of nitrogens with zero attached hydrogens (tertiary/aromatic N) is 1. The molecule has 0 bridgehead atoms. The SMILES string of the molecule is O=C(O)C(Cc1ccccc1)N(Cc1ccc(-c2cc3ccccc3o2)s1)C(=O)c1ccc(Cl)cc1Cl. The van der Waals surface area contributed by atoms with Crippen molar-refractivity contribution in [2.45, 2.75) is 19.0 Å². The van der Waals surface area contributed by atoms with Crippen molar-refractivity contribution in [3.63, 3.8) is 0 Å². The molecule has 0 saturated heterocycles. The molecule has 186 valence electrons. The molecule has 0 saturated carbocycles. The van der Waals surface area contributed by atoms with Crippen molar-refractivity contribution in [3.05, 3.63) is 117 Å². The third-order valence-electron chi connectivity index (χ3n) is 6.01. The molecule has 0 spiro atoms. The Labute approximate surface area is 227 Å². The Morgan fingerprint density at radius 2 is 1.68 bits per heavy atom. The second-order valence-corrected chi connectivity index (χ2v) is 10.5. The number of amides is 1. The Kier molecular flexibility index (Phi) is 7.33. The monoisotopic (exact) mass is 549 g/mol. The number of carbonyl (C=O) groups excluding carboxylic acids is 1. The van der Waals surface area contributed by atoms with Crippen LogP contribution in [0.25, 0.3) is 21.6 Å². The molecule has 1 amide bonds. The standard InChI is InChI=1S/C29H21Cl2NO4S/c30-20-10-12-22(23(31)16-20)28(33)32(24(29(34)35)14-18-6-2-1-3-7-18)17-21-11-13-27(37-21)26-15-19-8-4-5-9-25(19)36-26/h1-13,15-16,24H,14,17H2,(H,34,35). The summed E-state index contributed by atoms with van der Waals surface area (Å²) in [6, 6.07) is 26.2. The molecule has 2 aromatic heterocycles. The number of rotatable bonds is 8. The van der Waals surface area contributed by atoms with E-state index >= 15 is 0 Å². The van der Waals surface area contributed by atoms with Gasteiger partial charge in [-0.1, -0.05) is 71.7 Å². The van der Waals surface area contributed by atoms with Crippen LogP contribution in [0.1, 0.15) is 20.8 Å². The second-order valence-electron chi connectivity index (χ2n) is 8.52. The van der Waals surface area contributed by atoms with Crippen LogP contribution in [-0.2, 0) is 17.8 Å². The molecule has 1 unspecified atom stereocenters. The molecular formula is C29H21Cl2NO4S. The molecule has 37 heavy (non-hydrogen) atoms. The number of aliphatic carboxylic acids is 1. The second kappa shape index (κ2) is 10.8. The summed E-state index contributed by atoms with van der Waals surface area (Å²) < 4.78 is 5.99. The van der Waals surface area contributed by atoms with Gasteiger partial charge in [-0.15, -0.1) is 11.3 Å². The highest BCUT2D eigenvalue weighted by molar-refractivity contribution is 7.15. The van der Waals surface area contributed by atoms with Crippen molar-refractivity contribution in [1.82, 2.24) is 4.90 Å². The molecule has 2 heterocycles. The number of carboxylic acids is 1. The van der Waals surface area contributed by atoms with E-state index in [0.717, 1.165) is 32.0 Å². The highest BCUT2D eigenvalue weighted by Gasteiger charge is 2.32. The number of hydrogen-bond donors (Lipinski definition) is 1. The molecule has 0 aliphatic rings. The fourth-order valence-electron chi connectivity index (χ4n) is 4.18. The van der Waals surface area contributed by atoms with E-state index in [2.05, 4.69) is 0 Å². The number of halogens is 2. The van der Waals surface area contributed by atoms with Crippen LogP contribution in [0, 0.1) is 0 Å². The van der Waals surface area contributed by atoms with Gasteiger partial charge in [-0.25, -0.2) is 4.79 Å². The van der Waals surface area contributed by atoms with Gasteiger partial charge in [0.1, 0.15) is 17.4 Å². The Morgan fingerprint density at radius 3 is 2.41 bits per heavy atom. The lowest BCUT2D eigenvalue weighted by Crippen LogP contribution is -2.46. The molecule has 5 nitrogen and oxygen atoms in total. The smallest absolute Gasteiger partial charge is 0.326 e. The Balaban J connectivity index is 1.50. The number of carbonyl (C=O) groups is 2. The van der Waals surface area contributed by atoms with E-state index in [1.165, 1.54) is 28.4 Å². The Hall–Kier alpha value is -3.58. The molecule has 1 atom stereocenters. The summed E-state index contributed by atoms with van der Waals surface area (Å²) in [5.74, 6) is -0.866. The number of carboxylic acid groups (broad SMARTS) is 1. The molecular weight excluding hydrogens is 529 g/mol. The van der Waals surface area contributed by atoms with Crippen LogP contribution in [-0.4, -0.2) is 27.9 Å². The molecule has 5 aromatic rings. The highest BCUT2D eigenvalue weighted by Crippen LogP contribution is 2.34. The molecule has 1 N–H and O–H groups in total. The highest BCUT2D eigenvalue weighted by atomic mass is 35.5. The summed E-state index contributed by atoms with van der Waals surface area (Å²) in [4.78, 5) is 29.3. The van der Waals surface area contributed by atoms with E-state index in [0.29, 0.717) is 5.02 Å². The molecule has 8 heteroatoms. The first-order valence-electron chi connectivity index (χ1n) is 11.5. The van der Waals surface area contributed by atoms with Crippen molar-refractivity contribution in [2.24, 2.45) is 0 Å². The van der Waals surface area contributed by atoms with Gasteiger partial charge < -0.3 is 14.4 Å². The fourth-order valence-corrected chi connectivity index (χ4v) is 5.62. The Bertz CT molecular complexity index is 1540. The van der Waals surface area contributed by atoms with Crippen molar-refractivity contribution < 1.29 is 19.1 Å². The zero-order valence-electron chi connectivity index (χ0n) is 19.4. The quantitative estimate of drug-likeness (QED) is 0.214. The lowest BCUT2D eigenvalue weighted by atomic mass is 10.0. The summed E-state index contributed by atoms with van der Waals surface area (Å²) in [5, 5.41) is 11.7. The van der Waals surface area contributed by atoms with Crippen LogP contribution < -0.4 is 0 Å². The van der Waals surface area contributed by atoms with Crippen LogP contribution in [0.15, 0.2) is 95.4 Å². The number of para-hydroxylation sites is 1. The van der Waals surface area contributed by atoms with Gasteiger partial charge in [-0.2, -0.15) is 0 Å². The predicted molar refractivity (Wildman–Crippen MR) is 147 cm³/mol. The van der Waals surface area contributed by atoms with Crippen LogP contribution >= 0.6 is 34.5 Å². The number of furan rings is 1. The molecule has 0 fully saturated rings. The van der Waals surface area contributed by atoms with E-state index in [4.69, 9.17) is 27.6 Å². The maximum absolute atomic E-state index is 13.7. The average molecular weight is 550 g/mol. The normalized spacial score (nSPS) is 11.9. The van der Waals surface area contributed by atoms with Gasteiger partial charge in [0.2, 0.25) is 0 Å². The fraction of sp³-hybridized carbons (Fsp3) is 0.103. The van der Waals surface area contributed by atoms with Gasteiger partial charge in [0.05, 0.1) is 22.0 Å². The summed E-state index contributed by atoms with van der Waals surface area (Å²) in [7, 11) is 0. The van der Waals surface area contributed by atoms with Gasteiger partial charge in [0.15, 0.2) is 0 Å². The van der Waals surface area contributed by atoms with E-state index in [9.17, 15) is 14.7 Å². The van der Waals surface area contributed by atoms with Crippen LogP contribution in [0.4, 0.5) is 0 Å². The Morgan fingerprint density at radius 1 is 0.919 bits per heavy atom. The summed E-state index contributed by atoms with van der Waals surface area (Å²) >= 11 is 13.8. The van der Waals surface area contributed by atoms with Crippen molar-refractivity contribution in [2.75, 3.05) is 0 Å².